The first-order chi connectivity index (χ1) is 11.0. The Labute approximate surface area is 129 Å². The van der Waals surface area contributed by atoms with Crippen LogP contribution >= 0.6 is 0 Å². The molecule has 3 aromatic rings. The molecule has 0 fully saturated rings. The first kappa shape index (κ1) is 14.5. The summed E-state index contributed by atoms with van der Waals surface area (Å²) in [6.07, 6.45) is 1.46. The molecule has 0 atom stereocenters. The quantitative estimate of drug-likeness (QED) is 0.333. The summed E-state index contributed by atoms with van der Waals surface area (Å²) < 4.78 is 0. The summed E-state index contributed by atoms with van der Waals surface area (Å²) in [4.78, 5) is 26.8. The van der Waals surface area contributed by atoms with Crippen LogP contribution < -0.4 is 0 Å². The van der Waals surface area contributed by atoms with Gasteiger partial charge in [0.2, 0.25) is 5.75 Å². The van der Waals surface area contributed by atoms with Crippen LogP contribution in [0.3, 0.4) is 0 Å². The first-order valence-corrected chi connectivity index (χ1v) is 6.58. The van der Waals surface area contributed by atoms with Crippen LogP contribution in [-0.2, 0) is 0 Å². The number of hydrogen-bond acceptors (Lipinski definition) is 6. The number of ketones is 1. The normalized spacial score (nSPS) is 10.6. The maximum absolute atomic E-state index is 12.7. The van der Waals surface area contributed by atoms with Crippen LogP contribution in [0.25, 0.3) is 10.9 Å². The summed E-state index contributed by atoms with van der Waals surface area (Å²) in [6.45, 7) is 0. The molecule has 0 aliphatic carbocycles. The fourth-order valence-corrected chi connectivity index (χ4v) is 2.32. The molecule has 0 aliphatic rings. The molecule has 0 saturated heterocycles. The minimum atomic E-state index is -0.869. The van der Waals surface area contributed by atoms with Gasteiger partial charge in [-0.1, -0.05) is 18.2 Å². The van der Waals surface area contributed by atoms with E-state index in [-0.39, 0.29) is 5.56 Å². The largest absolute Gasteiger partial charge is 0.504 e. The molecule has 0 saturated carbocycles. The number of phenolic OH excluding ortho intramolecular Hbond substituents is 2. The van der Waals surface area contributed by atoms with Gasteiger partial charge in [0.25, 0.3) is 0 Å². The zero-order chi connectivity index (χ0) is 16.6. The number of para-hydroxylation sites is 1. The number of nitro groups is 1. The number of nitrogens with zero attached hydrogens (tertiary/aromatic N) is 2. The molecule has 2 aromatic carbocycles. The molecule has 0 aliphatic heterocycles. The molecule has 114 valence electrons. The van der Waals surface area contributed by atoms with Crippen LogP contribution in [0.1, 0.15) is 15.9 Å². The minimum Gasteiger partial charge on any atom is -0.504 e. The van der Waals surface area contributed by atoms with E-state index in [0.29, 0.717) is 16.5 Å². The lowest BCUT2D eigenvalue weighted by molar-refractivity contribution is -0.386. The van der Waals surface area contributed by atoms with E-state index < -0.39 is 27.9 Å². The maximum atomic E-state index is 12.7. The predicted molar refractivity (Wildman–Crippen MR) is 81.6 cm³/mol. The molecular formula is C16H10N2O5. The number of benzene rings is 2. The molecule has 0 bridgehead atoms. The van der Waals surface area contributed by atoms with Crippen molar-refractivity contribution in [3.05, 3.63) is 69.9 Å². The van der Waals surface area contributed by atoms with Gasteiger partial charge >= 0.3 is 5.69 Å². The highest BCUT2D eigenvalue weighted by Crippen LogP contribution is 2.36. The van der Waals surface area contributed by atoms with Crippen LogP contribution in [0.2, 0.25) is 0 Å². The lowest BCUT2D eigenvalue weighted by Crippen LogP contribution is -2.04. The molecule has 1 aromatic heterocycles. The van der Waals surface area contributed by atoms with E-state index >= 15 is 0 Å². The highest BCUT2D eigenvalue weighted by Gasteiger charge is 2.23. The minimum absolute atomic E-state index is 0.0941. The number of aromatic hydroxyl groups is 2. The lowest BCUT2D eigenvalue weighted by Gasteiger charge is -2.07. The van der Waals surface area contributed by atoms with Gasteiger partial charge in [0.15, 0.2) is 11.5 Å². The third-order valence-electron chi connectivity index (χ3n) is 3.42. The summed E-state index contributed by atoms with van der Waals surface area (Å²) in [5.74, 6) is -2.10. The van der Waals surface area contributed by atoms with E-state index in [1.165, 1.54) is 12.3 Å². The van der Waals surface area contributed by atoms with E-state index in [0.717, 1.165) is 12.1 Å². The van der Waals surface area contributed by atoms with Crippen molar-refractivity contribution in [3.8, 4) is 11.5 Å². The van der Waals surface area contributed by atoms with Gasteiger partial charge in [0.05, 0.1) is 10.4 Å². The number of fused-ring (bicyclic) bond motifs is 1. The van der Waals surface area contributed by atoms with Crippen molar-refractivity contribution in [1.29, 1.82) is 0 Å². The number of carbonyl (C=O) groups excluding carboxylic acids is 1. The topological polar surface area (TPSA) is 114 Å². The van der Waals surface area contributed by atoms with Crippen molar-refractivity contribution in [1.82, 2.24) is 4.98 Å². The molecule has 7 heteroatoms. The molecule has 2 N–H and O–H groups in total. The highest BCUT2D eigenvalue weighted by molar-refractivity contribution is 6.16. The summed E-state index contributed by atoms with van der Waals surface area (Å²) in [5, 5.41) is 30.6. The Morgan fingerprint density at radius 1 is 1.13 bits per heavy atom. The third-order valence-corrected chi connectivity index (χ3v) is 3.42. The Hall–Kier alpha value is -3.48. The Morgan fingerprint density at radius 2 is 1.87 bits per heavy atom. The van der Waals surface area contributed by atoms with E-state index in [9.17, 15) is 25.1 Å². The molecule has 7 nitrogen and oxygen atoms in total. The van der Waals surface area contributed by atoms with Crippen LogP contribution in [0.5, 0.6) is 11.5 Å². The number of nitro benzene ring substituents is 1. The molecule has 3 rings (SSSR count). The molecule has 0 amide bonds. The first-order valence-electron chi connectivity index (χ1n) is 6.58. The lowest BCUT2D eigenvalue weighted by atomic mass is 9.99. The average Bonchev–Trinajstić information content (AvgIpc) is 2.55. The van der Waals surface area contributed by atoms with Gasteiger partial charge in [-0.05, 0) is 18.2 Å². The second-order valence-electron chi connectivity index (χ2n) is 4.82. The Morgan fingerprint density at radius 3 is 2.61 bits per heavy atom. The van der Waals surface area contributed by atoms with Gasteiger partial charge in [0, 0.05) is 28.8 Å². The number of hydrogen-bond donors (Lipinski definition) is 2. The van der Waals surface area contributed by atoms with Crippen LogP contribution in [0.15, 0.2) is 48.7 Å². The van der Waals surface area contributed by atoms with E-state index in [1.807, 2.05) is 0 Å². The van der Waals surface area contributed by atoms with Crippen LogP contribution in [-0.4, -0.2) is 25.9 Å². The smallest absolute Gasteiger partial charge is 0.315 e. The summed E-state index contributed by atoms with van der Waals surface area (Å²) >= 11 is 0. The molecule has 23 heavy (non-hydrogen) atoms. The van der Waals surface area contributed by atoms with E-state index in [1.54, 1.807) is 24.3 Å². The number of pyridine rings is 1. The monoisotopic (exact) mass is 310 g/mol. The van der Waals surface area contributed by atoms with Gasteiger partial charge in [-0.3, -0.25) is 19.9 Å². The fourth-order valence-electron chi connectivity index (χ4n) is 2.32. The van der Waals surface area contributed by atoms with Crippen molar-refractivity contribution in [2.45, 2.75) is 0 Å². The van der Waals surface area contributed by atoms with E-state index in [2.05, 4.69) is 4.98 Å². The van der Waals surface area contributed by atoms with Gasteiger partial charge in [-0.25, -0.2) is 0 Å². The number of carbonyl (C=O) groups is 1. The third kappa shape index (κ3) is 2.44. The summed E-state index contributed by atoms with van der Waals surface area (Å²) in [7, 11) is 0. The summed E-state index contributed by atoms with van der Waals surface area (Å²) in [5.41, 5.74) is 0.0842. The molecule has 1 heterocycles. The van der Waals surface area contributed by atoms with E-state index in [4.69, 9.17) is 0 Å². The van der Waals surface area contributed by atoms with Gasteiger partial charge in [-0.2, -0.15) is 0 Å². The Balaban J connectivity index is 2.19. The maximum Gasteiger partial charge on any atom is 0.315 e. The number of rotatable bonds is 3. The molecular weight excluding hydrogens is 300 g/mol. The fraction of sp³-hybridized carbons (Fsp3) is 0. The second kappa shape index (κ2) is 5.38. The number of aromatic nitrogens is 1. The zero-order valence-corrected chi connectivity index (χ0v) is 11.6. The van der Waals surface area contributed by atoms with Crippen molar-refractivity contribution < 1.29 is 19.9 Å². The van der Waals surface area contributed by atoms with Crippen molar-refractivity contribution in [2.75, 3.05) is 0 Å². The Kier molecular flexibility index (Phi) is 3.38. The van der Waals surface area contributed by atoms with Crippen molar-refractivity contribution >= 4 is 22.4 Å². The van der Waals surface area contributed by atoms with Crippen LogP contribution in [0.4, 0.5) is 5.69 Å². The van der Waals surface area contributed by atoms with Crippen molar-refractivity contribution in [2.24, 2.45) is 0 Å². The second-order valence-corrected chi connectivity index (χ2v) is 4.82. The molecule has 0 unspecified atom stereocenters. The molecule has 0 radical (unpaired) electrons. The standard InChI is InChI=1S/C16H10N2O5/c19-14-8-9(7-13(16(14)21)18(22)23)15(20)11-5-6-17-12-4-2-1-3-10(11)12/h1-8,19,21H. The highest BCUT2D eigenvalue weighted by atomic mass is 16.6. The predicted octanol–water partition coefficient (Wildman–Crippen LogP) is 2.79. The SMILES string of the molecule is O=C(c1cc(O)c(O)c([N+](=O)[O-])c1)c1ccnc2ccccc12. The zero-order valence-electron chi connectivity index (χ0n) is 11.6. The van der Waals surface area contributed by atoms with Gasteiger partial charge < -0.3 is 10.2 Å². The summed E-state index contributed by atoms with van der Waals surface area (Å²) in [6, 6.07) is 10.4. The molecule has 0 spiro atoms. The van der Waals surface area contributed by atoms with Gasteiger partial charge in [-0.15, -0.1) is 0 Å². The van der Waals surface area contributed by atoms with Crippen molar-refractivity contribution in [3.63, 3.8) is 0 Å². The Bertz CT molecular complexity index is 947. The van der Waals surface area contributed by atoms with Gasteiger partial charge in [0.1, 0.15) is 0 Å². The average molecular weight is 310 g/mol. The number of phenols is 2. The van der Waals surface area contributed by atoms with Crippen LogP contribution in [0, 0.1) is 10.1 Å².